The Morgan fingerprint density at radius 3 is 2.57 bits per heavy atom. The van der Waals surface area contributed by atoms with Crippen molar-refractivity contribution in [2.45, 2.75) is 6.54 Å². The van der Waals surface area contributed by atoms with Crippen molar-refractivity contribution in [3.63, 3.8) is 0 Å². The van der Waals surface area contributed by atoms with Gasteiger partial charge in [0, 0.05) is 18.2 Å². The summed E-state index contributed by atoms with van der Waals surface area (Å²) in [7, 11) is 0. The minimum Gasteiger partial charge on any atom is -0.358 e. The van der Waals surface area contributed by atoms with Crippen molar-refractivity contribution >= 4 is 40.5 Å². The molecule has 2 rings (SSSR count). The summed E-state index contributed by atoms with van der Waals surface area (Å²) in [6.45, 7) is 0.459. The largest absolute Gasteiger partial charge is 0.358 e. The molecule has 0 heterocycles. The second-order valence-corrected chi connectivity index (χ2v) is 5.36. The second kappa shape index (κ2) is 7.66. The van der Waals surface area contributed by atoms with E-state index in [0.29, 0.717) is 6.54 Å². The van der Waals surface area contributed by atoms with Crippen molar-refractivity contribution in [3.05, 3.63) is 74.8 Å². The number of nitrogens with zero attached hydrogens (tertiary/aromatic N) is 1. The van der Waals surface area contributed by atoms with Gasteiger partial charge in [-0.3, -0.25) is 20.2 Å². The number of hydrogen-bond acceptors (Lipinski definition) is 4. The highest BCUT2D eigenvalue weighted by atomic mass is 35.5. The van der Waals surface area contributed by atoms with E-state index in [-0.39, 0.29) is 21.4 Å². The summed E-state index contributed by atoms with van der Waals surface area (Å²) >= 11 is 10.7. The molecule has 0 atom stereocenters. The molecule has 0 bridgehead atoms. The van der Waals surface area contributed by atoms with Crippen LogP contribution in [0.1, 0.15) is 15.9 Å². The van der Waals surface area contributed by atoms with Crippen LogP contribution in [0.3, 0.4) is 0 Å². The van der Waals surface area contributed by atoms with Crippen molar-refractivity contribution in [3.8, 4) is 0 Å². The number of carbonyl (C=O) groups excluding carboxylic acids is 1. The molecule has 0 radical (unpaired) electrons. The molecule has 23 heavy (non-hydrogen) atoms. The van der Waals surface area contributed by atoms with Crippen LogP contribution in [0.15, 0.2) is 48.5 Å². The van der Waals surface area contributed by atoms with Crippen molar-refractivity contribution in [2.24, 2.45) is 0 Å². The zero-order chi connectivity index (χ0) is 16.8. The predicted octanol–water partition coefficient (Wildman–Crippen LogP) is 3.05. The van der Waals surface area contributed by atoms with E-state index in [1.54, 1.807) is 0 Å². The van der Waals surface area contributed by atoms with Crippen molar-refractivity contribution in [2.75, 3.05) is 0 Å². The lowest BCUT2D eigenvalue weighted by molar-refractivity contribution is -0.384. The Labute approximate surface area is 142 Å². The molecule has 0 aliphatic heterocycles. The monoisotopic (exact) mass is 349 g/mol. The van der Waals surface area contributed by atoms with Gasteiger partial charge in [0.2, 0.25) is 0 Å². The van der Waals surface area contributed by atoms with Gasteiger partial charge in [0.15, 0.2) is 5.11 Å². The van der Waals surface area contributed by atoms with Gasteiger partial charge in [0.25, 0.3) is 11.6 Å². The second-order valence-electron chi connectivity index (χ2n) is 4.55. The number of nitro groups is 1. The molecule has 2 aromatic rings. The summed E-state index contributed by atoms with van der Waals surface area (Å²) < 4.78 is 0. The standard InChI is InChI=1S/C15H12ClN3O3S/c16-12-7-6-11(8-13(12)19(21)22)14(20)18-15(23)17-9-10-4-2-1-3-5-10/h1-8H,9H2,(H2,17,18,20,23). The van der Waals surface area contributed by atoms with Crippen LogP contribution in [0, 0.1) is 10.1 Å². The van der Waals surface area contributed by atoms with Gasteiger partial charge in [0.05, 0.1) is 4.92 Å². The first-order valence-electron chi connectivity index (χ1n) is 6.54. The number of nitrogens with one attached hydrogen (secondary N) is 2. The van der Waals surface area contributed by atoms with E-state index in [0.717, 1.165) is 11.6 Å². The van der Waals surface area contributed by atoms with Crippen molar-refractivity contribution < 1.29 is 9.72 Å². The molecule has 2 aromatic carbocycles. The van der Waals surface area contributed by atoms with E-state index < -0.39 is 10.8 Å². The maximum absolute atomic E-state index is 12.0. The number of benzene rings is 2. The summed E-state index contributed by atoms with van der Waals surface area (Å²) in [6, 6.07) is 13.3. The Bertz CT molecular complexity index is 753. The normalized spacial score (nSPS) is 9.96. The third-order valence-electron chi connectivity index (χ3n) is 2.93. The van der Waals surface area contributed by atoms with Crippen LogP contribution < -0.4 is 10.6 Å². The topological polar surface area (TPSA) is 84.3 Å². The van der Waals surface area contributed by atoms with Crippen LogP contribution in [0.4, 0.5) is 5.69 Å². The summed E-state index contributed by atoms with van der Waals surface area (Å²) in [6.07, 6.45) is 0. The molecule has 6 nitrogen and oxygen atoms in total. The van der Waals surface area contributed by atoms with Gasteiger partial charge in [-0.25, -0.2) is 0 Å². The highest BCUT2D eigenvalue weighted by Gasteiger charge is 2.16. The SMILES string of the molecule is O=C(NC(=S)NCc1ccccc1)c1ccc(Cl)c([N+](=O)[O-])c1. The zero-order valence-electron chi connectivity index (χ0n) is 11.8. The number of amides is 1. The molecule has 0 aliphatic carbocycles. The molecule has 2 N–H and O–H groups in total. The fourth-order valence-electron chi connectivity index (χ4n) is 1.79. The molecule has 0 saturated heterocycles. The average molecular weight is 350 g/mol. The summed E-state index contributed by atoms with van der Waals surface area (Å²) in [5.74, 6) is -0.546. The van der Waals surface area contributed by atoms with E-state index in [2.05, 4.69) is 10.6 Å². The Morgan fingerprint density at radius 2 is 1.91 bits per heavy atom. The van der Waals surface area contributed by atoms with Crippen molar-refractivity contribution in [1.29, 1.82) is 0 Å². The number of thiocarbonyl (C=S) groups is 1. The van der Waals surface area contributed by atoms with Crippen LogP contribution in [0.5, 0.6) is 0 Å². The lowest BCUT2D eigenvalue weighted by Gasteiger charge is -2.09. The van der Waals surface area contributed by atoms with Crippen LogP contribution in [-0.2, 0) is 6.54 Å². The highest BCUT2D eigenvalue weighted by Crippen LogP contribution is 2.24. The third-order valence-corrected chi connectivity index (χ3v) is 3.49. The van der Waals surface area contributed by atoms with Gasteiger partial charge in [-0.05, 0) is 29.9 Å². The van der Waals surface area contributed by atoms with Crippen LogP contribution in [-0.4, -0.2) is 15.9 Å². The van der Waals surface area contributed by atoms with Gasteiger partial charge < -0.3 is 5.32 Å². The molecular formula is C15H12ClN3O3S. The van der Waals surface area contributed by atoms with Gasteiger partial charge in [-0.15, -0.1) is 0 Å². The zero-order valence-corrected chi connectivity index (χ0v) is 13.4. The summed E-state index contributed by atoms with van der Waals surface area (Å²) in [4.78, 5) is 22.2. The average Bonchev–Trinajstić information content (AvgIpc) is 2.54. The Hall–Kier alpha value is -2.51. The van der Waals surface area contributed by atoms with Crippen molar-refractivity contribution in [1.82, 2.24) is 10.6 Å². The molecule has 0 unspecified atom stereocenters. The van der Waals surface area contributed by atoms with Gasteiger partial charge in [-0.2, -0.15) is 0 Å². The number of halogens is 1. The smallest absolute Gasteiger partial charge is 0.288 e. The first-order chi connectivity index (χ1) is 11.0. The van der Waals surface area contributed by atoms with E-state index in [4.69, 9.17) is 23.8 Å². The first kappa shape index (κ1) is 16.9. The molecule has 0 fully saturated rings. The quantitative estimate of drug-likeness (QED) is 0.503. The maximum Gasteiger partial charge on any atom is 0.288 e. The Balaban J connectivity index is 1.97. The molecule has 0 spiro atoms. The van der Waals surface area contributed by atoms with E-state index >= 15 is 0 Å². The highest BCUT2D eigenvalue weighted by molar-refractivity contribution is 7.80. The number of carbonyl (C=O) groups is 1. The molecular weight excluding hydrogens is 338 g/mol. The maximum atomic E-state index is 12.0. The number of hydrogen-bond donors (Lipinski definition) is 2. The minimum atomic E-state index is -0.648. The lowest BCUT2D eigenvalue weighted by Crippen LogP contribution is -2.38. The van der Waals surface area contributed by atoms with Gasteiger partial charge in [0.1, 0.15) is 5.02 Å². The Kier molecular flexibility index (Phi) is 5.61. The van der Waals surface area contributed by atoms with Crippen LogP contribution in [0.2, 0.25) is 5.02 Å². The number of rotatable bonds is 4. The van der Waals surface area contributed by atoms with Gasteiger partial charge in [-0.1, -0.05) is 41.9 Å². The molecule has 0 saturated carbocycles. The predicted molar refractivity (Wildman–Crippen MR) is 91.5 cm³/mol. The third kappa shape index (κ3) is 4.73. The van der Waals surface area contributed by atoms with E-state index in [1.165, 1.54) is 12.1 Å². The molecule has 0 aliphatic rings. The van der Waals surface area contributed by atoms with E-state index in [9.17, 15) is 14.9 Å². The fourth-order valence-corrected chi connectivity index (χ4v) is 2.14. The summed E-state index contributed by atoms with van der Waals surface area (Å²) in [5, 5.41) is 16.3. The lowest BCUT2D eigenvalue weighted by atomic mass is 10.2. The molecule has 118 valence electrons. The number of nitro benzene ring substituents is 1. The Morgan fingerprint density at radius 1 is 1.22 bits per heavy atom. The van der Waals surface area contributed by atoms with Crippen LogP contribution >= 0.6 is 23.8 Å². The van der Waals surface area contributed by atoms with Crippen LogP contribution in [0.25, 0.3) is 0 Å². The minimum absolute atomic E-state index is 0.0312. The summed E-state index contributed by atoms with van der Waals surface area (Å²) in [5.41, 5.74) is 0.777. The first-order valence-corrected chi connectivity index (χ1v) is 7.33. The van der Waals surface area contributed by atoms with E-state index in [1.807, 2.05) is 30.3 Å². The fraction of sp³-hybridized carbons (Fsp3) is 0.0667. The van der Waals surface area contributed by atoms with Gasteiger partial charge >= 0.3 is 0 Å². The molecule has 1 amide bonds. The molecule has 8 heteroatoms. The molecule has 0 aromatic heterocycles.